The molecule has 1 unspecified atom stereocenters. The molecule has 0 saturated carbocycles. The number of fused-ring (bicyclic) bond motifs is 1. The molecular weight excluding hydrogens is 410 g/mol. The van der Waals surface area contributed by atoms with Gasteiger partial charge in [0.2, 0.25) is 0 Å². The molecule has 4 rings (SSSR count). The molecule has 0 aliphatic carbocycles. The molecule has 6 nitrogen and oxygen atoms in total. The zero-order chi connectivity index (χ0) is 20.6. The third-order valence-corrected chi connectivity index (χ3v) is 8.94. The summed E-state index contributed by atoms with van der Waals surface area (Å²) >= 11 is 0. The molecule has 0 spiro atoms. The lowest BCUT2D eigenvalue weighted by atomic mass is 10.1. The Hall–Kier alpha value is -2.84. The highest BCUT2D eigenvalue weighted by Gasteiger charge is 2.45. The summed E-state index contributed by atoms with van der Waals surface area (Å²) in [5.74, 6) is -0.256. The number of hydrogen-bond acceptors (Lipinski definition) is 6. The van der Waals surface area contributed by atoms with Crippen LogP contribution in [0.2, 0.25) is 0 Å². The van der Waals surface area contributed by atoms with E-state index in [4.69, 9.17) is 10.5 Å². The molecule has 1 aliphatic heterocycles. The topological polar surface area (TPSA) is 104 Å². The van der Waals surface area contributed by atoms with Crippen LogP contribution >= 0.6 is 0 Å². The van der Waals surface area contributed by atoms with Gasteiger partial charge in [-0.15, -0.1) is 0 Å². The minimum absolute atomic E-state index is 0.00656. The maximum absolute atomic E-state index is 13.2. The van der Waals surface area contributed by atoms with Crippen LogP contribution in [-0.2, 0) is 26.3 Å². The third kappa shape index (κ3) is 3.61. The van der Waals surface area contributed by atoms with E-state index < -0.39 is 30.7 Å². The lowest BCUT2D eigenvalue weighted by Gasteiger charge is -2.16. The molecule has 2 N–H and O–H groups in total. The monoisotopic (exact) mass is 429 g/mol. The predicted molar refractivity (Wildman–Crippen MR) is 110 cm³/mol. The summed E-state index contributed by atoms with van der Waals surface area (Å²) in [6.07, 6.45) is 0. The molecule has 0 aromatic heterocycles. The molecule has 29 heavy (non-hydrogen) atoms. The molecule has 0 radical (unpaired) electrons. The summed E-state index contributed by atoms with van der Waals surface area (Å²) in [5.41, 5.74) is 7.35. The van der Waals surface area contributed by atoms with E-state index in [2.05, 4.69) is 0 Å². The Bertz CT molecular complexity index is 1270. The second kappa shape index (κ2) is 7.20. The number of rotatable bonds is 5. The first-order valence-electron chi connectivity index (χ1n) is 8.91. The van der Waals surface area contributed by atoms with Crippen LogP contribution in [-0.4, -0.2) is 22.6 Å². The zero-order valence-electron chi connectivity index (χ0n) is 15.4. The predicted octanol–water partition coefficient (Wildman–Crippen LogP) is 3.15. The molecule has 0 saturated heterocycles. The van der Waals surface area contributed by atoms with Crippen LogP contribution in [0.15, 0.2) is 82.6 Å². The van der Waals surface area contributed by atoms with Gasteiger partial charge in [0.15, 0.2) is 19.7 Å². The minimum atomic E-state index is -3.91. The van der Waals surface area contributed by atoms with Gasteiger partial charge >= 0.3 is 0 Å². The average molecular weight is 430 g/mol. The van der Waals surface area contributed by atoms with Gasteiger partial charge < -0.3 is 10.5 Å². The highest BCUT2D eigenvalue weighted by atomic mass is 32.2. The summed E-state index contributed by atoms with van der Waals surface area (Å²) in [6, 6.07) is 19.6. The second-order valence-corrected chi connectivity index (χ2v) is 11.0. The molecule has 3 aromatic rings. The largest absolute Gasteiger partial charge is 0.489 e. The number of ether oxygens (including phenoxy) is 1. The quantitative estimate of drug-likeness (QED) is 0.625. The van der Waals surface area contributed by atoms with E-state index in [9.17, 15) is 16.8 Å². The first-order valence-corrected chi connectivity index (χ1v) is 12.1. The second-order valence-electron chi connectivity index (χ2n) is 6.83. The van der Waals surface area contributed by atoms with Gasteiger partial charge in [-0.2, -0.15) is 0 Å². The number of hydrogen-bond donors (Lipinski definition) is 1. The Labute approximate surface area is 169 Å². The van der Waals surface area contributed by atoms with E-state index in [0.29, 0.717) is 5.69 Å². The normalized spacial score (nSPS) is 17.6. The van der Waals surface area contributed by atoms with Gasteiger partial charge in [0.25, 0.3) is 0 Å². The Morgan fingerprint density at radius 3 is 2.41 bits per heavy atom. The summed E-state index contributed by atoms with van der Waals surface area (Å²) < 4.78 is 57.7. The van der Waals surface area contributed by atoms with Gasteiger partial charge in [0.05, 0.1) is 15.5 Å². The van der Waals surface area contributed by atoms with Crippen LogP contribution in [0.3, 0.4) is 0 Å². The van der Waals surface area contributed by atoms with Gasteiger partial charge in [-0.1, -0.05) is 36.4 Å². The van der Waals surface area contributed by atoms with Gasteiger partial charge in [-0.25, -0.2) is 16.8 Å². The molecule has 1 aliphatic rings. The van der Waals surface area contributed by atoms with Crippen molar-refractivity contribution in [1.82, 2.24) is 0 Å². The third-order valence-electron chi connectivity index (χ3n) is 4.85. The smallest absolute Gasteiger partial charge is 0.186 e. The van der Waals surface area contributed by atoms with E-state index in [-0.39, 0.29) is 27.7 Å². The summed E-state index contributed by atoms with van der Waals surface area (Å²) in [7, 11) is -7.65. The van der Waals surface area contributed by atoms with Crippen molar-refractivity contribution in [2.24, 2.45) is 0 Å². The van der Waals surface area contributed by atoms with Crippen LogP contribution in [0.5, 0.6) is 5.75 Å². The van der Waals surface area contributed by atoms with Crippen molar-refractivity contribution < 1.29 is 21.6 Å². The van der Waals surface area contributed by atoms with Crippen molar-refractivity contribution in [1.29, 1.82) is 0 Å². The number of benzene rings is 3. The molecule has 0 amide bonds. The Kier molecular flexibility index (Phi) is 4.84. The molecule has 0 bridgehead atoms. The highest BCUT2D eigenvalue weighted by molar-refractivity contribution is 7.96. The van der Waals surface area contributed by atoms with Crippen LogP contribution in [0, 0.1) is 0 Å². The molecule has 1 heterocycles. The van der Waals surface area contributed by atoms with Crippen molar-refractivity contribution in [3.05, 3.63) is 83.9 Å². The van der Waals surface area contributed by atoms with E-state index in [1.54, 1.807) is 48.5 Å². The van der Waals surface area contributed by atoms with Crippen molar-refractivity contribution in [2.45, 2.75) is 21.6 Å². The summed E-state index contributed by atoms with van der Waals surface area (Å²) in [4.78, 5) is 0.0887. The number of sulfone groups is 2. The molecule has 1 atom stereocenters. The SMILES string of the molecule is Nc1cccc(COc2cccc3c2C(S(=O)(=O)c2ccccc2)CS3(=O)=O)c1. The van der Waals surface area contributed by atoms with Crippen molar-refractivity contribution >= 4 is 25.4 Å². The van der Waals surface area contributed by atoms with Gasteiger partial charge in [-0.3, -0.25) is 0 Å². The summed E-state index contributed by atoms with van der Waals surface area (Å²) in [5, 5.41) is -1.22. The van der Waals surface area contributed by atoms with Crippen LogP contribution < -0.4 is 10.5 Å². The zero-order valence-corrected chi connectivity index (χ0v) is 17.0. The minimum Gasteiger partial charge on any atom is -0.489 e. The molecule has 0 fully saturated rings. The Morgan fingerprint density at radius 2 is 1.69 bits per heavy atom. The molecular formula is C21H19NO5S2. The van der Waals surface area contributed by atoms with Crippen molar-refractivity contribution in [3.63, 3.8) is 0 Å². The van der Waals surface area contributed by atoms with Gasteiger partial charge in [-0.05, 0) is 42.0 Å². The Balaban J connectivity index is 1.77. The lowest BCUT2D eigenvalue weighted by molar-refractivity contribution is 0.302. The van der Waals surface area contributed by atoms with Crippen molar-refractivity contribution in [2.75, 3.05) is 11.5 Å². The van der Waals surface area contributed by atoms with Gasteiger partial charge in [0, 0.05) is 11.3 Å². The van der Waals surface area contributed by atoms with E-state index in [1.807, 2.05) is 6.07 Å². The van der Waals surface area contributed by atoms with Crippen LogP contribution in [0.25, 0.3) is 0 Å². The maximum Gasteiger partial charge on any atom is 0.186 e. The molecule has 150 valence electrons. The van der Waals surface area contributed by atoms with Crippen molar-refractivity contribution in [3.8, 4) is 5.75 Å². The average Bonchev–Trinajstić information content (AvgIpc) is 2.99. The fourth-order valence-corrected chi connectivity index (χ4v) is 7.83. The first-order chi connectivity index (χ1) is 13.8. The van der Waals surface area contributed by atoms with E-state index in [1.165, 1.54) is 18.2 Å². The fraction of sp³-hybridized carbons (Fsp3) is 0.143. The number of nitrogens with two attached hydrogens (primary N) is 1. The molecule has 8 heteroatoms. The van der Waals surface area contributed by atoms with Gasteiger partial charge in [0.1, 0.15) is 17.6 Å². The Morgan fingerprint density at radius 1 is 0.966 bits per heavy atom. The number of anilines is 1. The maximum atomic E-state index is 13.2. The van der Waals surface area contributed by atoms with Crippen LogP contribution in [0.1, 0.15) is 16.4 Å². The first kappa shape index (κ1) is 19.5. The highest BCUT2D eigenvalue weighted by Crippen LogP contribution is 2.45. The number of nitrogen functional groups attached to an aromatic ring is 1. The van der Waals surface area contributed by atoms with E-state index in [0.717, 1.165) is 5.56 Å². The lowest BCUT2D eigenvalue weighted by Crippen LogP contribution is -2.16. The standard InChI is InChI=1S/C21H19NO5S2/c22-16-7-4-6-15(12-16)13-27-18-10-5-11-19-21(18)20(14-28(19,23)24)29(25,26)17-8-2-1-3-9-17/h1-12,20H,13-14,22H2. The fourth-order valence-electron chi connectivity index (χ4n) is 3.47. The van der Waals surface area contributed by atoms with E-state index >= 15 is 0 Å². The summed E-state index contributed by atoms with van der Waals surface area (Å²) in [6.45, 7) is 0.139. The molecule has 3 aromatic carbocycles. The van der Waals surface area contributed by atoms with Crippen LogP contribution in [0.4, 0.5) is 5.69 Å².